The number of aryl methyl sites for hydroxylation is 1. The van der Waals surface area contributed by atoms with Crippen LogP contribution >= 0.6 is 0 Å². The Balaban J connectivity index is 2.97. The zero-order valence-corrected chi connectivity index (χ0v) is 7.20. The molecule has 1 aromatic rings. The number of hydrogen-bond acceptors (Lipinski definition) is 2. The Labute approximate surface area is 66.7 Å². The molecule has 11 heavy (non-hydrogen) atoms. The quantitative estimate of drug-likeness (QED) is 0.704. The molecule has 0 aromatic carbocycles. The first-order chi connectivity index (χ1) is 5.15. The molecule has 0 amide bonds. The van der Waals surface area contributed by atoms with Crippen molar-refractivity contribution in [2.45, 2.75) is 33.2 Å². The Hall–Kier alpha value is -0.990. The first kappa shape index (κ1) is 8.11. The van der Waals surface area contributed by atoms with Gasteiger partial charge in [0.05, 0.1) is 0 Å². The summed E-state index contributed by atoms with van der Waals surface area (Å²) >= 11 is 0. The fourth-order valence-electron chi connectivity index (χ4n) is 0.996. The second-order valence-corrected chi connectivity index (χ2v) is 2.92. The third-order valence-corrected chi connectivity index (χ3v) is 1.72. The predicted molar refractivity (Wildman–Crippen MR) is 43.7 cm³/mol. The second kappa shape index (κ2) is 2.95. The molecule has 0 atom stereocenters. The highest BCUT2D eigenvalue weighted by Gasteiger charge is 2.09. The molecule has 0 aliphatic heterocycles. The van der Waals surface area contributed by atoms with Crippen LogP contribution in [0.25, 0.3) is 0 Å². The van der Waals surface area contributed by atoms with Gasteiger partial charge in [-0.1, -0.05) is 13.8 Å². The van der Waals surface area contributed by atoms with Crippen molar-refractivity contribution in [3.63, 3.8) is 0 Å². The number of rotatable bonds is 2. The average molecular weight is 154 g/mol. The highest BCUT2D eigenvalue weighted by molar-refractivity contribution is 5.24. The van der Waals surface area contributed by atoms with Crippen LogP contribution in [-0.4, -0.2) is 14.9 Å². The predicted octanol–water partition coefficient (Wildman–Crippen LogP) is 1.73. The van der Waals surface area contributed by atoms with Gasteiger partial charge in [0.2, 0.25) is 5.88 Å². The molecule has 3 nitrogen and oxygen atoms in total. The van der Waals surface area contributed by atoms with Crippen LogP contribution in [0.15, 0.2) is 6.20 Å². The fraction of sp³-hybridized carbons (Fsp3) is 0.625. The third kappa shape index (κ3) is 1.53. The third-order valence-electron chi connectivity index (χ3n) is 1.72. The zero-order chi connectivity index (χ0) is 8.43. The van der Waals surface area contributed by atoms with Gasteiger partial charge >= 0.3 is 0 Å². The second-order valence-electron chi connectivity index (χ2n) is 2.92. The van der Waals surface area contributed by atoms with Crippen molar-refractivity contribution in [1.82, 2.24) is 9.78 Å². The number of aromatic nitrogens is 2. The van der Waals surface area contributed by atoms with Gasteiger partial charge in [-0.25, -0.2) is 0 Å². The van der Waals surface area contributed by atoms with Crippen LogP contribution in [0, 0.1) is 0 Å². The van der Waals surface area contributed by atoms with E-state index >= 15 is 0 Å². The molecule has 0 aliphatic carbocycles. The highest BCUT2D eigenvalue weighted by Crippen LogP contribution is 2.22. The lowest BCUT2D eigenvalue weighted by Crippen LogP contribution is -1.92. The average Bonchev–Trinajstić information content (AvgIpc) is 2.30. The Bertz CT molecular complexity index is 240. The van der Waals surface area contributed by atoms with Gasteiger partial charge in [0, 0.05) is 18.3 Å². The molecule has 0 saturated carbocycles. The van der Waals surface area contributed by atoms with E-state index < -0.39 is 0 Å². The first-order valence-corrected chi connectivity index (χ1v) is 3.91. The molecular weight excluding hydrogens is 140 g/mol. The smallest absolute Gasteiger partial charge is 0.233 e. The van der Waals surface area contributed by atoms with E-state index in [0.29, 0.717) is 5.92 Å². The molecule has 0 unspecified atom stereocenters. The Kier molecular flexibility index (Phi) is 2.17. The summed E-state index contributed by atoms with van der Waals surface area (Å²) < 4.78 is 1.74. The number of aromatic hydroxyl groups is 1. The van der Waals surface area contributed by atoms with Crippen LogP contribution < -0.4 is 0 Å². The van der Waals surface area contributed by atoms with Gasteiger partial charge in [0.25, 0.3) is 0 Å². The maximum atomic E-state index is 9.30. The maximum absolute atomic E-state index is 9.30. The molecule has 1 N–H and O–H groups in total. The lowest BCUT2D eigenvalue weighted by Gasteiger charge is -1.98. The standard InChI is InChI=1S/C8H14N2O/c1-4-10-5-7(6(2)3)8(11)9-10/h5-6H,4H2,1-3H3,(H,9,11). The molecule has 0 spiro atoms. The van der Waals surface area contributed by atoms with E-state index in [1.807, 2.05) is 27.0 Å². The summed E-state index contributed by atoms with van der Waals surface area (Å²) in [5, 5.41) is 13.2. The van der Waals surface area contributed by atoms with Gasteiger partial charge in [-0.3, -0.25) is 4.68 Å². The molecule has 1 rings (SSSR count). The van der Waals surface area contributed by atoms with Gasteiger partial charge in [0.1, 0.15) is 0 Å². The summed E-state index contributed by atoms with van der Waals surface area (Å²) in [5.74, 6) is 0.511. The van der Waals surface area contributed by atoms with E-state index in [1.165, 1.54) is 0 Å². The lowest BCUT2D eigenvalue weighted by atomic mass is 10.1. The normalized spacial score (nSPS) is 10.9. The van der Waals surface area contributed by atoms with Gasteiger partial charge < -0.3 is 5.11 Å². The molecule has 0 radical (unpaired) electrons. The van der Waals surface area contributed by atoms with E-state index in [2.05, 4.69) is 5.10 Å². The number of nitrogens with zero attached hydrogens (tertiary/aromatic N) is 2. The van der Waals surface area contributed by atoms with Crippen LogP contribution in [0.5, 0.6) is 5.88 Å². The van der Waals surface area contributed by atoms with Crippen molar-refractivity contribution in [3.05, 3.63) is 11.8 Å². The van der Waals surface area contributed by atoms with Crippen LogP contribution in [0.1, 0.15) is 32.3 Å². The minimum atomic E-state index is 0.168. The summed E-state index contributed by atoms with van der Waals surface area (Å²) in [5.41, 5.74) is 0.923. The van der Waals surface area contributed by atoms with E-state index in [9.17, 15) is 5.11 Å². The van der Waals surface area contributed by atoms with E-state index in [4.69, 9.17) is 0 Å². The first-order valence-electron chi connectivity index (χ1n) is 3.91. The molecule has 0 aliphatic rings. The Morgan fingerprint density at radius 1 is 1.64 bits per heavy atom. The highest BCUT2D eigenvalue weighted by atomic mass is 16.3. The topological polar surface area (TPSA) is 38.0 Å². The molecular formula is C8H14N2O. The minimum Gasteiger partial charge on any atom is -0.492 e. The van der Waals surface area contributed by atoms with Gasteiger partial charge in [0.15, 0.2) is 0 Å². The summed E-state index contributed by atoms with van der Waals surface area (Å²) in [7, 11) is 0. The van der Waals surface area contributed by atoms with Crippen molar-refractivity contribution < 1.29 is 5.11 Å². The minimum absolute atomic E-state index is 0.168. The van der Waals surface area contributed by atoms with Crippen molar-refractivity contribution in [2.75, 3.05) is 0 Å². The number of hydrogen-bond donors (Lipinski definition) is 1. The van der Waals surface area contributed by atoms with Crippen molar-refractivity contribution in [2.24, 2.45) is 0 Å². The molecule has 62 valence electrons. The SMILES string of the molecule is CCn1cc(C(C)C)c(O)n1. The van der Waals surface area contributed by atoms with Gasteiger partial charge in [-0.15, -0.1) is 5.10 Å². The molecule has 1 heterocycles. The maximum Gasteiger partial charge on any atom is 0.233 e. The van der Waals surface area contributed by atoms with Crippen LogP contribution in [0.2, 0.25) is 0 Å². The van der Waals surface area contributed by atoms with Gasteiger partial charge in [-0.2, -0.15) is 0 Å². The van der Waals surface area contributed by atoms with E-state index in [-0.39, 0.29) is 5.88 Å². The molecule has 1 aromatic heterocycles. The lowest BCUT2D eigenvalue weighted by molar-refractivity contribution is 0.433. The van der Waals surface area contributed by atoms with Crippen LogP contribution in [-0.2, 0) is 6.54 Å². The molecule has 3 heteroatoms. The van der Waals surface area contributed by atoms with Crippen molar-refractivity contribution in [3.8, 4) is 5.88 Å². The van der Waals surface area contributed by atoms with Crippen molar-refractivity contribution in [1.29, 1.82) is 0 Å². The van der Waals surface area contributed by atoms with Crippen molar-refractivity contribution >= 4 is 0 Å². The molecule has 0 fully saturated rings. The molecule has 0 bridgehead atoms. The van der Waals surface area contributed by atoms with Crippen LogP contribution in [0.4, 0.5) is 0 Å². The van der Waals surface area contributed by atoms with E-state index in [1.54, 1.807) is 4.68 Å². The summed E-state index contributed by atoms with van der Waals surface area (Å²) in [4.78, 5) is 0. The van der Waals surface area contributed by atoms with Crippen LogP contribution in [0.3, 0.4) is 0 Å². The molecule has 0 saturated heterocycles. The Morgan fingerprint density at radius 2 is 2.27 bits per heavy atom. The summed E-state index contributed by atoms with van der Waals surface area (Å²) in [6.07, 6.45) is 1.89. The zero-order valence-electron chi connectivity index (χ0n) is 7.20. The largest absolute Gasteiger partial charge is 0.492 e. The van der Waals surface area contributed by atoms with E-state index in [0.717, 1.165) is 12.1 Å². The fourth-order valence-corrected chi connectivity index (χ4v) is 0.996. The summed E-state index contributed by atoms with van der Waals surface area (Å²) in [6, 6.07) is 0. The summed E-state index contributed by atoms with van der Waals surface area (Å²) in [6.45, 7) is 6.88. The Morgan fingerprint density at radius 3 is 2.55 bits per heavy atom. The van der Waals surface area contributed by atoms with Gasteiger partial charge in [-0.05, 0) is 12.8 Å². The monoisotopic (exact) mass is 154 g/mol.